The third-order valence-electron chi connectivity index (χ3n) is 4.28. The summed E-state index contributed by atoms with van der Waals surface area (Å²) >= 11 is 2.13. The van der Waals surface area contributed by atoms with E-state index in [1.165, 1.54) is 0 Å². The van der Waals surface area contributed by atoms with Crippen LogP contribution in [0.3, 0.4) is 0 Å². The molecule has 1 heterocycles. The van der Waals surface area contributed by atoms with E-state index in [1.54, 1.807) is 24.3 Å². The Bertz CT molecular complexity index is 674. The summed E-state index contributed by atoms with van der Waals surface area (Å²) in [5, 5.41) is 0. The molecule has 0 bridgehead atoms. The first-order valence-electron chi connectivity index (χ1n) is 8.64. The van der Waals surface area contributed by atoms with E-state index in [0.29, 0.717) is 24.0 Å². The van der Waals surface area contributed by atoms with Crippen LogP contribution >= 0.6 is 22.6 Å². The Hall–Kier alpha value is -1.65. The lowest BCUT2D eigenvalue weighted by Gasteiger charge is -2.24. The van der Waals surface area contributed by atoms with Gasteiger partial charge in [-0.05, 0) is 42.2 Å². The summed E-state index contributed by atoms with van der Waals surface area (Å²) < 4.78 is 39.0. The average molecular weight is 496 g/mol. The van der Waals surface area contributed by atoms with Gasteiger partial charge in [0.15, 0.2) is 0 Å². The summed E-state index contributed by atoms with van der Waals surface area (Å²) in [5.74, 6) is -2.61. The Kier molecular flexibility index (Phi) is 7.63. The summed E-state index contributed by atoms with van der Waals surface area (Å²) in [6.45, 7) is 0.116. The molecule has 1 aromatic rings. The Balaban J connectivity index is 1.87. The molecule has 9 heteroatoms. The lowest BCUT2D eigenvalue weighted by Crippen LogP contribution is -2.42. The molecule has 3 amide bonds. The van der Waals surface area contributed by atoms with E-state index in [0.717, 1.165) is 20.6 Å². The van der Waals surface area contributed by atoms with Crippen molar-refractivity contribution in [2.24, 2.45) is 0 Å². The number of imide groups is 1. The maximum absolute atomic E-state index is 12.7. The van der Waals surface area contributed by atoms with E-state index >= 15 is 0 Å². The molecule has 0 saturated carbocycles. The number of alkyl halides is 4. The smallest absolute Gasteiger partial charge is 0.335 e. The van der Waals surface area contributed by atoms with Gasteiger partial charge in [0.1, 0.15) is 0 Å². The van der Waals surface area contributed by atoms with E-state index in [-0.39, 0.29) is 37.9 Å². The molecule has 0 unspecified atom stereocenters. The number of benzene rings is 1. The Morgan fingerprint density at radius 2 is 1.48 bits per heavy atom. The van der Waals surface area contributed by atoms with Crippen molar-refractivity contribution in [1.82, 2.24) is 9.80 Å². The molecule has 148 valence electrons. The molecule has 27 heavy (non-hydrogen) atoms. The van der Waals surface area contributed by atoms with Gasteiger partial charge in [0, 0.05) is 19.6 Å². The first kappa shape index (κ1) is 21.6. The standard InChI is InChI=1S/C18H20F3IN2O3/c19-18(20,21)17(27)23(10-4-3-9-22)11-5-6-12-24-15(25)13-7-1-2-8-14(13)16(24)26/h1-2,7-8H,3-6,9-12H2. The number of hydrogen-bond acceptors (Lipinski definition) is 3. The van der Waals surface area contributed by atoms with Gasteiger partial charge in [-0.25, -0.2) is 0 Å². The average Bonchev–Trinajstić information content (AvgIpc) is 2.87. The largest absolute Gasteiger partial charge is 0.471 e. The van der Waals surface area contributed by atoms with Crippen molar-refractivity contribution in [3.05, 3.63) is 35.4 Å². The summed E-state index contributed by atoms with van der Waals surface area (Å²) in [6.07, 6.45) is -3.05. The van der Waals surface area contributed by atoms with Gasteiger partial charge < -0.3 is 4.90 Å². The van der Waals surface area contributed by atoms with Crippen molar-refractivity contribution in [3.8, 4) is 0 Å². The number of unbranched alkanes of at least 4 members (excludes halogenated alkanes) is 2. The minimum Gasteiger partial charge on any atom is -0.335 e. The van der Waals surface area contributed by atoms with Crippen LogP contribution in [0.5, 0.6) is 0 Å². The topological polar surface area (TPSA) is 57.7 Å². The number of halogens is 4. The van der Waals surface area contributed by atoms with Crippen LogP contribution in [0.1, 0.15) is 46.4 Å². The van der Waals surface area contributed by atoms with Gasteiger partial charge in [-0.3, -0.25) is 19.3 Å². The molecule has 0 aromatic heterocycles. The molecule has 5 nitrogen and oxygen atoms in total. The number of hydrogen-bond donors (Lipinski definition) is 0. The van der Waals surface area contributed by atoms with Gasteiger partial charge >= 0.3 is 12.1 Å². The molecule has 0 radical (unpaired) electrons. The predicted octanol–water partition coefficient (Wildman–Crippen LogP) is 3.67. The van der Waals surface area contributed by atoms with E-state index in [9.17, 15) is 27.6 Å². The molecule has 0 N–H and O–H groups in total. The predicted molar refractivity (Wildman–Crippen MR) is 102 cm³/mol. The van der Waals surface area contributed by atoms with E-state index in [1.807, 2.05) is 0 Å². The summed E-state index contributed by atoms with van der Waals surface area (Å²) in [6, 6.07) is 6.49. The summed E-state index contributed by atoms with van der Waals surface area (Å²) in [5.41, 5.74) is 0.686. The molecular formula is C18H20F3IN2O3. The van der Waals surface area contributed by atoms with Crippen LogP contribution in [0.4, 0.5) is 13.2 Å². The van der Waals surface area contributed by atoms with Crippen LogP contribution in [0.2, 0.25) is 0 Å². The fraction of sp³-hybridized carbons (Fsp3) is 0.500. The van der Waals surface area contributed by atoms with Gasteiger partial charge in [0.05, 0.1) is 11.1 Å². The van der Waals surface area contributed by atoms with E-state index < -0.39 is 12.1 Å². The van der Waals surface area contributed by atoms with Crippen LogP contribution in [-0.2, 0) is 4.79 Å². The van der Waals surface area contributed by atoms with Gasteiger partial charge in [-0.1, -0.05) is 34.7 Å². The maximum atomic E-state index is 12.7. The van der Waals surface area contributed by atoms with Crippen molar-refractivity contribution in [3.63, 3.8) is 0 Å². The number of amides is 3. The van der Waals surface area contributed by atoms with Crippen LogP contribution < -0.4 is 0 Å². The first-order chi connectivity index (χ1) is 12.8. The number of rotatable bonds is 9. The van der Waals surface area contributed by atoms with Crippen molar-refractivity contribution >= 4 is 40.3 Å². The molecule has 1 aromatic carbocycles. The maximum Gasteiger partial charge on any atom is 0.471 e. The molecule has 1 aliphatic heterocycles. The third kappa shape index (κ3) is 5.43. The highest BCUT2D eigenvalue weighted by Crippen LogP contribution is 2.23. The second-order valence-corrected chi connectivity index (χ2v) is 7.28. The fourth-order valence-corrected chi connectivity index (χ4v) is 3.45. The number of carbonyl (C=O) groups excluding carboxylic acids is 3. The highest BCUT2D eigenvalue weighted by atomic mass is 127. The third-order valence-corrected chi connectivity index (χ3v) is 5.04. The molecule has 0 spiro atoms. The zero-order chi connectivity index (χ0) is 20.0. The molecule has 0 atom stereocenters. The second-order valence-electron chi connectivity index (χ2n) is 6.20. The SMILES string of the molecule is O=C1c2ccccc2C(=O)N1CCCCN(CCCCI)C(=O)C(F)(F)F. The Morgan fingerprint density at radius 1 is 0.963 bits per heavy atom. The van der Waals surface area contributed by atoms with Crippen LogP contribution in [-0.4, -0.2) is 57.8 Å². The zero-order valence-electron chi connectivity index (χ0n) is 14.6. The highest BCUT2D eigenvalue weighted by Gasteiger charge is 2.42. The molecule has 0 fully saturated rings. The summed E-state index contributed by atoms with van der Waals surface area (Å²) in [4.78, 5) is 37.9. The number of carbonyl (C=O) groups is 3. The highest BCUT2D eigenvalue weighted by molar-refractivity contribution is 14.1. The van der Waals surface area contributed by atoms with Crippen molar-refractivity contribution in [2.75, 3.05) is 24.1 Å². The Labute approximate surface area is 169 Å². The zero-order valence-corrected chi connectivity index (χ0v) is 16.8. The normalized spacial score (nSPS) is 13.9. The summed E-state index contributed by atoms with van der Waals surface area (Å²) in [7, 11) is 0. The minimum atomic E-state index is -4.90. The molecule has 0 saturated heterocycles. The lowest BCUT2D eigenvalue weighted by atomic mass is 10.1. The molecular weight excluding hydrogens is 476 g/mol. The van der Waals surface area contributed by atoms with E-state index in [4.69, 9.17) is 0 Å². The van der Waals surface area contributed by atoms with Gasteiger partial charge in [-0.2, -0.15) is 13.2 Å². The first-order valence-corrected chi connectivity index (χ1v) is 10.2. The lowest BCUT2D eigenvalue weighted by molar-refractivity contribution is -0.185. The quantitative estimate of drug-likeness (QED) is 0.227. The second kappa shape index (κ2) is 9.52. The number of nitrogens with zero attached hydrogens (tertiary/aromatic N) is 2. The monoisotopic (exact) mass is 496 g/mol. The van der Waals surface area contributed by atoms with Crippen molar-refractivity contribution in [1.29, 1.82) is 0 Å². The van der Waals surface area contributed by atoms with E-state index in [2.05, 4.69) is 22.6 Å². The van der Waals surface area contributed by atoms with Crippen LogP contribution in [0, 0.1) is 0 Å². The Morgan fingerprint density at radius 3 is 1.96 bits per heavy atom. The van der Waals surface area contributed by atoms with Crippen LogP contribution in [0.15, 0.2) is 24.3 Å². The molecule has 2 rings (SSSR count). The van der Waals surface area contributed by atoms with Crippen LogP contribution in [0.25, 0.3) is 0 Å². The van der Waals surface area contributed by atoms with Gasteiger partial charge in [0.2, 0.25) is 0 Å². The van der Waals surface area contributed by atoms with Crippen molar-refractivity contribution < 1.29 is 27.6 Å². The number of fused-ring (bicyclic) bond motifs is 1. The molecule has 0 aliphatic carbocycles. The molecule has 1 aliphatic rings. The van der Waals surface area contributed by atoms with Gasteiger partial charge in [0.25, 0.3) is 11.8 Å². The minimum absolute atomic E-state index is 0.0500. The fourth-order valence-electron chi connectivity index (χ4n) is 2.91. The van der Waals surface area contributed by atoms with Crippen molar-refractivity contribution in [2.45, 2.75) is 31.9 Å². The van der Waals surface area contributed by atoms with Gasteiger partial charge in [-0.15, -0.1) is 0 Å².